The van der Waals surface area contributed by atoms with Crippen LogP contribution in [-0.4, -0.2) is 40.5 Å². The molecule has 1 aromatic carbocycles. The van der Waals surface area contributed by atoms with Gasteiger partial charge < -0.3 is 21.1 Å². The van der Waals surface area contributed by atoms with E-state index in [-0.39, 0.29) is 24.6 Å². The lowest BCUT2D eigenvalue weighted by molar-refractivity contribution is -0.126. The molecule has 2 aromatic rings. The van der Waals surface area contributed by atoms with Gasteiger partial charge in [-0.1, -0.05) is 30.3 Å². The lowest BCUT2D eigenvalue weighted by atomic mass is 9.98. The molecule has 8 heteroatoms. The number of amides is 2. The first-order chi connectivity index (χ1) is 15.7. The minimum atomic E-state index is -0.991. The number of nitrogens with two attached hydrogens (primary N) is 1. The molecule has 33 heavy (non-hydrogen) atoms. The van der Waals surface area contributed by atoms with Crippen LogP contribution in [0.15, 0.2) is 36.5 Å². The van der Waals surface area contributed by atoms with Crippen molar-refractivity contribution in [3.8, 4) is 0 Å². The van der Waals surface area contributed by atoms with E-state index in [4.69, 9.17) is 10.5 Å². The van der Waals surface area contributed by atoms with Crippen LogP contribution in [0.25, 0.3) is 0 Å². The lowest BCUT2D eigenvalue weighted by Crippen LogP contribution is -2.50. The second kappa shape index (κ2) is 11.3. The van der Waals surface area contributed by atoms with Crippen molar-refractivity contribution in [1.82, 2.24) is 20.4 Å². The number of hydrogen-bond donors (Lipinski definition) is 3. The highest BCUT2D eigenvalue weighted by Crippen LogP contribution is 2.27. The Kier molecular flexibility index (Phi) is 8.49. The summed E-state index contributed by atoms with van der Waals surface area (Å²) in [6.07, 6.45) is 6.93. The Labute approximate surface area is 196 Å². The van der Waals surface area contributed by atoms with Crippen LogP contribution in [0.4, 0.5) is 4.79 Å². The summed E-state index contributed by atoms with van der Waals surface area (Å²) < 4.78 is 7.09. The van der Waals surface area contributed by atoms with Crippen LogP contribution in [0.5, 0.6) is 0 Å². The molecule has 0 aliphatic heterocycles. The molecule has 0 radical (unpaired) electrons. The number of ether oxygens (including phenoxy) is 1. The molecule has 1 unspecified atom stereocenters. The molecular formula is C25H37N5O3. The van der Waals surface area contributed by atoms with Crippen molar-refractivity contribution >= 4 is 12.0 Å². The van der Waals surface area contributed by atoms with Gasteiger partial charge in [-0.3, -0.25) is 9.48 Å². The van der Waals surface area contributed by atoms with Gasteiger partial charge in [0.15, 0.2) is 0 Å². The van der Waals surface area contributed by atoms with Crippen LogP contribution in [0.3, 0.4) is 0 Å². The Hall–Kier alpha value is -2.87. The Morgan fingerprint density at radius 1 is 1.24 bits per heavy atom. The minimum Gasteiger partial charge on any atom is -0.449 e. The highest BCUT2D eigenvalue weighted by Gasteiger charge is 2.28. The monoisotopic (exact) mass is 455 g/mol. The zero-order valence-electron chi connectivity index (χ0n) is 20.0. The summed E-state index contributed by atoms with van der Waals surface area (Å²) >= 11 is 0. The third kappa shape index (κ3) is 8.20. The molecule has 8 nitrogen and oxygen atoms in total. The van der Waals surface area contributed by atoms with E-state index >= 15 is 0 Å². The number of rotatable bonds is 12. The molecule has 4 N–H and O–H groups in total. The zero-order valence-corrected chi connectivity index (χ0v) is 20.0. The van der Waals surface area contributed by atoms with Crippen LogP contribution in [-0.2, 0) is 29.4 Å². The highest BCUT2D eigenvalue weighted by molar-refractivity contribution is 5.85. The number of nitrogens with zero attached hydrogens (tertiary/aromatic N) is 2. The van der Waals surface area contributed by atoms with E-state index in [2.05, 4.69) is 27.9 Å². The average Bonchev–Trinajstić information content (AvgIpc) is 3.52. The molecule has 1 heterocycles. The number of aromatic nitrogens is 2. The summed E-state index contributed by atoms with van der Waals surface area (Å²) in [6.45, 7) is 4.32. The van der Waals surface area contributed by atoms with Crippen molar-refractivity contribution in [3.05, 3.63) is 53.3 Å². The van der Waals surface area contributed by atoms with Crippen molar-refractivity contribution in [2.75, 3.05) is 13.2 Å². The number of hydrogen-bond acceptors (Lipinski definition) is 5. The van der Waals surface area contributed by atoms with Crippen LogP contribution < -0.4 is 16.4 Å². The zero-order chi connectivity index (χ0) is 23.8. The van der Waals surface area contributed by atoms with E-state index in [0.29, 0.717) is 18.9 Å². The molecule has 1 atom stereocenters. The van der Waals surface area contributed by atoms with Gasteiger partial charge in [0.05, 0.1) is 23.9 Å². The van der Waals surface area contributed by atoms with E-state index in [1.54, 1.807) is 18.5 Å². The fourth-order valence-corrected chi connectivity index (χ4v) is 3.67. The molecule has 0 spiro atoms. The standard InChI is InChI=1S/C25H37N5O3/c1-25(2,26)23(31)28-21(11-7-10-18-8-5-4-6-9-18)22-20(17-30(3)29-22)14-15-33-24(32)27-16-19-12-13-19/h4-6,8-9,17,19,21H,7,10-16,26H2,1-3H3,(H,27,32)(H,28,31). The fourth-order valence-electron chi connectivity index (χ4n) is 3.67. The molecular weight excluding hydrogens is 418 g/mol. The predicted molar refractivity (Wildman–Crippen MR) is 128 cm³/mol. The molecule has 1 aliphatic rings. The molecule has 180 valence electrons. The maximum absolute atomic E-state index is 12.7. The van der Waals surface area contributed by atoms with Gasteiger partial charge in [-0.25, -0.2) is 4.79 Å². The molecule has 1 saturated carbocycles. The number of alkyl carbamates (subject to hydrolysis) is 1. The Morgan fingerprint density at radius 2 is 1.97 bits per heavy atom. The number of benzene rings is 1. The van der Waals surface area contributed by atoms with Gasteiger partial charge in [-0.15, -0.1) is 0 Å². The van der Waals surface area contributed by atoms with Gasteiger partial charge in [0, 0.05) is 26.2 Å². The Balaban J connectivity index is 1.63. The van der Waals surface area contributed by atoms with Gasteiger partial charge in [-0.05, 0) is 63.0 Å². The molecule has 1 aromatic heterocycles. The Bertz CT molecular complexity index is 916. The molecule has 1 aliphatic carbocycles. The van der Waals surface area contributed by atoms with E-state index in [1.165, 1.54) is 18.4 Å². The average molecular weight is 456 g/mol. The van der Waals surface area contributed by atoms with Crippen molar-refractivity contribution in [2.24, 2.45) is 18.7 Å². The second-order valence-electron chi connectivity index (χ2n) is 9.55. The largest absolute Gasteiger partial charge is 0.449 e. The van der Waals surface area contributed by atoms with E-state index < -0.39 is 5.54 Å². The van der Waals surface area contributed by atoms with Gasteiger partial charge in [0.2, 0.25) is 5.91 Å². The van der Waals surface area contributed by atoms with Crippen molar-refractivity contribution in [1.29, 1.82) is 0 Å². The van der Waals surface area contributed by atoms with Crippen LogP contribution in [0.2, 0.25) is 0 Å². The molecule has 0 bridgehead atoms. The second-order valence-corrected chi connectivity index (χ2v) is 9.55. The number of aryl methyl sites for hydroxylation is 2. The Morgan fingerprint density at radius 3 is 2.64 bits per heavy atom. The van der Waals surface area contributed by atoms with Gasteiger partial charge in [0.1, 0.15) is 0 Å². The van der Waals surface area contributed by atoms with Crippen LogP contribution in [0, 0.1) is 5.92 Å². The fraction of sp³-hybridized carbons (Fsp3) is 0.560. The number of carbonyl (C=O) groups excluding carboxylic acids is 2. The first-order valence-corrected chi connectivity index (χ1v) is 11.8. The van der Waals surface area contributed by atoms with Crippen LogP contribution >= 0.6 is 0 Å². The maximum atomic E-state index is 12.7. The predicted octanol–water partition coefficient (Wildman–Crippen LogP) is 3.02. The van der Waals surface area contributed by atoms with Crippen LogP contribution in [0.1, 0.15) is 62.4 Å². The van der Waals surface area contributed by atoms with Gasteiger partial charge >= 0.3 is 6.09 Å². The minimum absolute atomic E-state index is 0.223. The first-order valence-electron chi connectivity index (χ1n) is 11.8. The van der Waals surface area contributed by atoms with Crippen molar-refractivity contribution in [2.45, 2.75) is 64.0 Å². The molecule has 2 amide bonds. The van der Waals surface area contributed by atoms with E-state index in [1.807, 2.05) is 31.4 Å². The summed E-state index contributed by atoms with van der Waals surface area (Å²) in [5, 5.41) is 10.5. The molecule has 3 rings (SSSR count). The summed E-state index contributed by atoms with van der Waals surface area (Å²) in [4.78, 5) is 24.6. The summed E-state index contributed by atoms with van der Waals surface area (Å²) in [5.74, 6) is 0.383. The topological polar surface area (TPSA) is 111 Å². The van der Waals surface area contributed by atoms with Crippen molar-refractivity contribution < 1.29 is 14.3 Å². The number of carbonyl (C=O) groups is 2. The smallest absolute Gasteiger partial charge is 0.407 e. The van der Waals surface area contributed by atoms with Crippen molar-refractivity contribution in [3.63, 3.8) is 0 Å². The van der Waals surface area contributed by atoms with Gasteiger partial charge in [-0.2, -0.15) is 5.10 Å². The van der Waals surface area contributed by atoms with E-state index in [0.717, 1.165) is 30.5 Å². The quantitative estimate of drug-likeness (QED) is 0.456. The third-order valence-corrected chi connectivity index (χ3v) is 5.80. The highest BCUT2D eigenvalue weighted by atomic mass is 16.5. The van der Waals surface area contributed by atoms with Gasteiger partial charge in [0.25, 0.3) is 0 Å². The third-order valence-electron chi connectivity index (χ3n) is 5.80. The SMILES string of the molecule is Cn1cc(CCOC(=O)NCC2CC2)c(C(CCCc2ccccc2)NC(=O)C(C)(C)N)n1. The normalized spacial score (nSPS) is 14.5. The summed E-state index contributed by atoms with van der Waals surface area (Å²) in [5.41, 5.74) is 8.05. The van der Waals surface area contributed by atoms with E-state index in [9.17, 15) is 9.59 Å². The molecule has 0 saturated heterocycles. The summed E-state index contributed by atoms with van der Waals surface area (Å²) in [7, 11) is 1.85. The number of nitrogens with one attached hydrogen (secondary N) is 2. The maximum Gasteiger partial charge on any atom is 0.407 e. The summed E-state index contributed by atoms with van der Waals surface area (Å²) in [6, 6.07) is 10.0. The lowest BCUT2D eigenvalue weighted by Gasteiger charge is -2.24. The first kappa shape index (κ1) is 24.8. The molecule has 1 fully saturated rings.